The van der Waals surface area contributed by atoms with E-state index in [9.17, 15) is 0 Å². The molecular weight excluding hydrogens is 276 g/mol. The van der Waals surface area contributed by atoms with Crippen LogP contribution >= 0.6 is 11.8 Å². The van der Waals surface area contributed by atoms with Gasteiger partial charge in [0, 0.05) is 13.6 Å². The molecule has 0 unspecified atom stereocenters. The summed E-state index contributed by atoms with van der Waals surface area (Å²) < 4.78 is 1.70. The van der Waals surface area contributed by atoms with Gasteiger partial charge in [-0.25, -0.2) is 19.6 Å². The number of hydrogen-bond donors (Lipinski definition) is 2. The quantitative estimate of drug-likeness (QED) is 0.686. The summed E-state index contributed by atoms with van der Waals surface area (Å²) in [5.41, 5.74) is 1.45. The fourth-order valence-corrected chi connectivity index (χ4v) is 2.50. The Bertz CT molecular complexity index is 718. The number of aromatic nitrogens is 7. The van der Waals surface area contributed by atoms with E-state index < -0.39 is 0 Å². The lowest BCUT2D eigenvalue weighted by atomic mass is 10.5. The molecule has 0 aromatic carbocycles. The van der Waals surface area contributed by atoms with Gasteiger partial charge < -0.3 is 10.3 Å². The molecule has 8 nitrogen and oxygen atoms in total. The van der Waals surface area contributed by atoms with E-state index >= 15 is 0 Å². The lowest BCUT2D eigenvalue weighted by molar-refractivity contribution is 0.684. The second-order valence-electron chi connectivity index (χ2n) is 4.15. The van der Waals surface area contributed by atoms with Gasteiger partial charge in [-0.15, -0.1) is 0 Å². The number of nitrogens with zero attached hydrogens (tertiary/aromatic N) is 6. The van der Waals surface area contributed by atoms with Crippen LogP contribution in [0.15, 0.2) is 22.8 Å². The lowest BCUT2D eigenvalue weighted by Gasteiger charge is -2.06. The number of aryl methyl sites for hydroxylation is 1. The van der Waals surface area contributed by atoms with Gasteiger partial charge >= 0.3 is 0 Å². The Labute approximate surface area is 119 Å². The van der Waals surface area contributed by atoms with Crippen LogP contribution in [-0.4, -0.2) is 41.2 Å². The molecule has 0 atom stereocenters. The maximum absolute atomic E-state index is 4.51. The predicted octanol–water partition coefficient (Wildman–Crippen LogP) is 1.45. The summed E-state index contributed by atoms with van der Waals surface area (Å²) in [6.07, 6.45) is 4.14. The molecule has 0 spiro atoms. The molecule has 0 bridgehead atoms. The minimum absolute atomic E-state index is 0.580. The lowest BCUT2D eigenvalue weighted by Crippen LogP contribution is -2.05. The van der Waals surface area contributed by atoms with Crippen molar-refractivity contribution in [1.29, 1.82) is 0 Å². The fraction of sp³-hybridized carbons (Fsp3) is 0.364. The second kappa shape index (κ2) is 5.45. The van der Waals surface area contributed by atoms with E-state index in [0.29, 0.717) is 11.6 Å². The zero-order chi connectivity index (χ0) is 13.9. The van der Waals surface area contributed by atoms with E-state index in [1.54, 1.807) is 11.0 Å². The van der Waals surface area contributed by atoms with Crippen molar-refractivity contribution in [3.63, 3.8) is 0 Å². The van der Waals surface area contributed by atoms with Crippen molar-refractivity contribution < 1.29 is 0 Å². The molecule has 0 aliphatic heterocycles. The summed E-state index contributed by atoms with van der Waals surface area (Å²) in [6.45, 7) is 2.92. The third kappa shape index (κ3) is 2.44. The smallest absolute Gasteiger partial charge is 0.225 e. The zero-order valence-corrected chi connectivity index (χ0v) is 12.0. The molecule has 2 N–H and O–H groups in total. The minimum atomic E-state index is 0.580. The van der Waals surface area contributed by atoms with Gasteiger partial charge in [0.2, 0.25) is 5.95 Å². The Balaban J connectivity index is 1.99. The number of aromatic amines is 1. The molecule has 3 heterocycles. The Kier molecular flexibility index (Phi) is 3.50. The van der Waals surface area contributed by atoms with E-state index in [1.165, 1.54) is 18.1 Å². The minimum Gasteiger partial charge on any atom is -0.354 e. The molecular formula is C11H14N8S. The van der Waals surface area contributed by atoms with Crippen LogP contribution in [0.2, 0.25) is 0 Å². The van der Waals surface area contributed by atoms with E-state index in [4.69, 9.17) is 0 Å². The zero-order valence-electron chi connectivity index (χ0n) is 11.2. The van der Waals surface area contributed by atoms with E-state index in [-0.39, 0.29) is 0 Å². The molecule has 0 amide bonds. The van der Waals surface area contributed by atoms with Crippen molar-refractivity contribution >= 4 is 28.9 Å². The summed E-state index contributed by atoms with van der Waals surface area (Å²) in [5.74, 6) is 0.580. The van der Waals surface area contributed by atoms with Gasteiger partial charge in [-0.3, -0.25) is 0 Å². The van der Waals surface area contributed by atoms with E-state index in [2.05, 4.69) is 42.3 Å². The number of fused-ring (bicyclic) bond motifs is 1. The third-order valence-corrected chi connectivity index (χ3v) is 3.68. The average Bonchev–Trinajstić information content (AvgIpc) is 3.06. The fourth-order valence-electron chi connectivity index (χ4n) is 1.66. The normalized spacial score (nSPS) is 11.1. The first kappa shape index (κ1) is 12.9. The summed E-state index contributed by atoms with van der Waals surface area (Å²) >= 11 is 1.43. The molecule has 20 heavy (non-hydrogen) atoms. The third-order valence-electron chi connectivity index (χ3n) is 2.64. The number of hydrogen-bond acceptors (Lipinski definition) is 7. The first-order chi connectivity index (χ1) is 9.78. The van der Waals surface area contributed by atoms with Gasteiger partial charge in [-0.2, -0.15) is 10.1 Å². The molecule has 0 aliphatic carbocycles. The molecule has 3 aromatic rings. The molecule has 0 saturated carbocycles. The van der Waals surface area contributed by atoms with Gasteiger partial charge in [0.25, 0.3) is 0 Å². The molecule has 3 rings (SSSR count). The Morgan fingerprint density at radius 3 is 3.00 bits per heavy atom. The van der Waals surface area contributed by atoms with Crippen molar-refractivity contribution in [3.8, 4) is 0 Å². The first-order valence-corrected chi connectivity index (χ1v) is 7.06. The van der Waals surface area contributed by atoms with Gasteiger partial charge in [0.15, 0.2) is 10.8 Å². The van der Waals surface area contributed by atoms with Gasteiger partial charge in [0.1, 0.15) is 16.9 Å². The first-order valence-electron chi connectivity index (χ1n) is 6.24. The molecule has 3 aromatic heterocycles. The summed E-state index contributed by atoms with van der Waals surface area (Å²) in [6, 6.07) is 0. The number of rotatable bonds is 5. The van der Waals surface area contributed by atoms with Crippen LogP contribution in [0.4, 0.5) is 5.95 Å². The predicted molar refractivity (Wildman–Crippen MR) is 75.6 cm³/mol. The molecule has 0 saturated heterocycles. The van der Waals surface area contributed by atoms with Crippen molar-refractivity contribution in [1.82, 2.24) is 34.7 Å². The molecule has 9 heteroatoms. The van der Waals surface area contributed by atoms with E-state index in [0.717, 1.165) is 28.7 Å². The Hall–Kier alpha value is -2.16. The van der Waals surface area contributed by atoms with Gasteiger partial charge in [0.05, 0.1) is 6.33 Å². The largest absolute Gasteiger partial charge is 0.354 e. The summed E-state index contributed by atoms with van der Waals surface area (Å²) in [7, 11) is 1.84. The number of anilines is 1. The van der Waals surface area contributed by atoms with Crippen LogP contribution in [0.5, 0.6) is 0 Å². The Morgan fingerprint density at radius 1 is 1.35 bits per heavy atom. The number of H-pyrrole nitrogens is 1. The van der Waals surface area contributed by atoms with Crippen LogP contribution in [0, 0.1) is 0 Å². The van der Waals surface area contributed by atoms with Crippen molar-refractivity contribution in [3.05, 3.63) is 12.7 Å². The maximum Gasteiger partial charge on any atom is 0.225 e. The topological polar surface area (TPSA) is 97.2 Å². The highest BCUT2D eigenvalue weighted by Gasteiger charge is 2.13. The van der Waals surface area contributed by atoms with Crippen molar-refractivity contribution in [2.45, 2.75) is 23.5 Å². The standard InChI is InChI=1S/C11H14N8S/c1-3-4-12-10-17-8-7(13-5-14-8)9(18-10)20-11-15-6-16-19(11)2/h5-6H,3-4H2,1-2H3,(H2,12,13,14,17,18). The number of imidazole rings is 1. The Morgan fingerprint density at radius 2 is 2.25 bits per heavy atom. The molecule has 0 aliphatic rings. The highest BCUT2D eigenvalue weighted by Crippen LogP contribution is 2.29. The monoisotopic (exact) mass is 290 g/mol. The maximum atomic E-state index is 4.51. The average molecular weight is 290 g/mol. The number of nitrogens with one attached hydrogen (secondary N) is 2. The summed E-state index contributed by atoms with van der Waals surface area (Å²) in [4.78, 5) is 20.3. The SMILES string of the molecule is CCCNc1nc(Sc2ncnn2C)c2[nH]cnc2n1. The van der Waals surface area contributed by atoms with Crippen LogP contribution < -0.4 is 5.32 Å². The molecule has 104 valence electrons. The highest BCUT2D eigenvalue weighted by atomic mass is 32.2. The van der Waals surface area contributed by atoms with Gasteiger partial charge in [-0.1, -0.05) is 6.92 Å². The van der Waals surface area contributed by atoms with Crippen molar-refractivity contribution in [2.24, 2.45) is 7.05 Å². The van der Waals surface area contributed by atoms with Crippen LogP contribution in [0.1, 0.15) is 13.3 Å². The van der Waals surface area contributed by atoms with Crippen LogP contribution in [0.25, 0.3) is 11.2 Å². The second-order valence-corrected chi connectivity index (χ2v) is 5.10. The van der Waals surface area contributed by atoms with Crippen molar-refractivity contribution in [2.75, 3.05) is 11.9 Å². The van der Waals surface area contributed by atoms with Crippen LogP contribution in [-0.2, 0) is 7.05 Å². The highest BCUT2D eigenvalue weighted by molar-refractivity contribution is 7.99. The molecule has 0 radical (unpaired) electrons. The summed E-state index contributed by atoms with van der Waals surface area (Å²) in [5, 5.41) is 8.78. The molecule has 0 fully saturated rings. The van der Waals surface area contributed by atoms with Gasteiger partial charge in [-0.05, 0) is 18.2 Å². The van der Waals surface area contributed by atoms with Crippen LogP contribution in [0.3, 0.4) is 0 Å². The van der Waals surface area contributed by atoms with E-state index in [1.807, 2.05) is 7.05 Å².